The molecular weight excluding hydrogens is 248 g/mol. The molecule has 0 fully saturated rings. The van der Waals surface area contributed by atoms with E-state index in [1.807, 2.05) is 48.3 Å². The summed E-state index contributed by atoms with van der Waals surface area (Å²) in [7, 11) is 1.99. The molecule has 2 aromatic heterocycles. The van der Waals surface area contributed by atoms with Crippen molar-refractivity contribution in [2.75, 3.05) is 0 Å². The number of pyridine rings is 2. The van der Waals surface area contributed by atoms with E-state index in [0.717, 1.165) is 16.5 Å². The van der Waals surface area contributed by atoms with Crippen molar-refractivity contribution < 1.29 is 9.67 Å². The van der Waals surface area contributed by atoms with E-state index >= 15 is 0 Å². The van der Waals surface area contributed by atoms with Gasteiger partial charge in [-0.25, -0.2) is 4.57 Å². The van der Waals surface area contributed by atoms with Gasteiger partial charge in [0.2, 0.25) is 0 Å². The molecule has 98 valence electrons. The van der Waals surface area contributed by atoms with Crippen LogP contribution in [0.15, 0.2) is 55.0 Å². The van der Waals surface area contributed by atoms with Crippen molar-refractivity contribution in [2.45, 2.75) is 0 Å². The second kappa shape index (κ2) is 5.13. The van der Waals surface area contributed by atoms with E-state index in [-0.39, 0.29) is 5.75 Å². The smallest absolute Gasteiger partial charge is 0.169 e. The minimum absolute atomic E-state index is 0.212. The third-order valence-corrected chi connectivity index (χ3v) is 3.24. The highest BCUT2D eigenvalue weighted by Gasteiger charge is 2.03. The van der Waals surface area contributed by atoms with Crippen molar-refractivity contribution in [3.05, 3.63) is 66.1 Å². The van der Waals surface area contributed by atoms with E-state index in [1.165, 1.54) is 0 Å². The van der Waals surface area contributed by atoms with Gasteiger partial charge in [-0.2, -0.15) is 0 Å². The third-order valence-electron chi connectivity index (χ3n) is 3.24. The van der Waals surface area contributed by atoms with Crippen LogP contribution in [0, 0.1) is 0 Å². The Morgan fingerprint density at radius 1 is 1.05 bits per heavy atom. The predicted octanol–water partition coefficient (Wildman–Crippen LogP) is 2.94. The minimum Gasteiger partial charge on any atom is -0.506 e. The quantitative estimate of drug-likeness (QED) is 0.722. The van der Waals surface area contributed by atoms with Gasteiger partial charge in [0.1, 0.15) is 18.3 Å². The number of aromatic hydroxyl groups is 1. The lowest BCUT2D eigenvalue weighted by molar-refractivity contribution is -0.671. The van der Waals surface area contributed by atoms with Crippen molar-refractivity contribution in [3.8, 4) is 5.75 Å². The first kappa shape index (κ1) is 12.4. The van der Waals surface area contributed by atoms with Crippen molar-refractivity contribution in [1.29, 1.82) is 0 Å². The molecule has 3 aromatic rings. The number of hydrogen-bond donors (Lipinski definition) is 1. The monoisotopic (exact) mass is 263 g/mol. The molecule has 0 unspecified atom stereocenters. The molecule has 3 heteroatoms. The number of phenolic OH excluding ortho intramolecular Hbond substituents is 1. The van der Waals surface area contributed by atoms with Crippen LogP contribution >= 0.6 is 0 Å². The molecule has 0 atom stereocenters. The number of aryl methyl sites for hydroxylation is 1. The maximum absolute atomic E-state index is 9.82. The van der Waals surface area contributed by atoms with Crippen LogP contribution < -0.4 is 4.57 Å². The van der Waals surface area contributed by atoms with Gasteiger partial charge in [0.25, 0.3) is 0 Å². The maximum Gasteiger partial charge on any atom is 0.169 e. The fourth-order valence-electron chi connectivity index (χ4n) is 2.13. The molecule has 0 amide bonds. The standard InChI is InChI=1S/C17H14N2O/c1-19-11-8-13(9-12-19)4-5-14-6-7-16(20)17-15(14)3-2-10-18-17/h2-12H,1H3/p+1. The highest BCUT2D eigenvalue weighted by atomic mass is 16.3. The van der Waals surface area contributed by atoms with Crippen LogP contribution in [0.5, 0.6) is 5.75 Å². The van der Waals surface area contributed by atoms with Gasteiger partial charge < -0.3 is 5.11 Å². The number of hydrogen-bond acceptors (Lipinski definition) is 2. The van der Waals surface area contributed by atoms with Crippen LogP contribution in [0.1, 0.15) is 11.1 Å². The lowest BCUT2D eigenvalue weighted by Gasteiger charge is -2.03. The summed E-state index contributed by atoms with van der Waals surface area (Å²) in [5, 5.41) is 10.8. The van der Waals surface area contributed by atoms with Gasteiger partial charge in [0, 0.05) is 23.7 Å². The summed E-state index contributed by atoms with van der Waals surface area (Å²) in [4.78, 5) is 4.22. The molecule has 1 N–H and O–H groups in total. The van der Waals surface area contributed by atoms with Gasteiger partial charge in [-0.1, -0.05) is 24.3 Å². The molecule has 20 heavy (non-hydrogen) atoms. The molecule has 2 heterocycles. The van der Waals surface area contributed by atoms with E-state index in [2.05, 4.69) is 23.2 Å². The summed E-state index contributed by atoms with van der Waals surface area (Å²) in [6, 6.07) is 11.5. The first-order valence-corrected chi connectivity index (χ1v) is 6.44. The van der Waals surface area contributed by atoms with Crippen LogP contribution in [0.25, 0.3) is 23.1 Å². The van der Waals surface area contributed by atoms with E-state index in [4.69, 9.17) is 0 Å². The van der Waals surface area contributed by atoms with Crippen molar-refractivity contribution in [3.63, 3.8) is 0 Å². The van der Waals surface area contributed by atoms with Crippen LogP contribution in [0.2, 0.25) is 0 Å². The number of aromatic nitrogens is 2. The Bertz CT molecular complexity index is 777. The molecule has 0 aliphatic rings. The highest BCUT2D eigenvalue weighted by molar-refractivity contribution is 5.93. The molecule has 0 saturated carbocycles. The molecular formula is C17H15N2O+. The zero-order chi connectivity index (χ0) is 13.9. The summed E-state index contributed by atoms with van der Waals surface area (Å²) in [6.45, 7) is 0. The Labute approximate surface area is 117 Å². The second-order valence-electron chi connectivity index (χ2n) is 4.70. The lowest BCUT2D eigenvalue weighted by Crippen LogP contribution is -2.25. The van der Waals surface area contributed by atoms with Crippen LogP contribution in [-0.4, -0.2) is 10.1 Å². The van der Waals surface area contributed by atoms with E-state index in [0.29, 0.717) is 5.52 Å². The first-order valence-electron chi connectivity index (χ1n) is 6.44. The number of rotatable bonds is 2. The number of benzene rings is 1. The molecule has 0 aliphatic heterocycles. The number of phenols is 1. The number of nitrogens with zero attached hydrogens (tertiary/aromatic N) is 2. The fraction of sp³-hybridized carbons (Fsp3) is 0.0588. The van der Waals surface area contributed by atoms with E-state index < -0.39 is 0 Å². The molecule has 0 aliphatic carbocycles. The SMILES string of the molecule is C[n+]1ccc(C=Cc2ccc(O)c3ncccc23)cc1. The molecule has 0 radical (unpaired) electrons. The van der Waals surface area contributed by atoms with Crippen molar-refractivity contribution in [1.82, 2.24) is 4.98 Å². The molecule has 0 saturated heterocycles. The molecule has 0 spiro atoms. The van der Waals surface area contributed by atoms with Gasteiger partial charge in [-0.15, -0.1) is 0 Å². The molecule has 3 nitrogen and oxygen atoms in total. The Morgan fingerprint density at radius 3 is 2.65 bits per heavy atom. The van der Waals surface area contributed by atoms with Crippen LogP contribution in [0.3, 0.4) is 0 Å². The van der Waals surface area contributed by atoms with Gasteiger partial charge in [0.05, 0.1) is 0 Å². The summed E-state index contributed by atoms with van der Waals surface area (Å²) < 4.78 is 2.00. The molecule has 0 bridgehead atoms. The average molecular weight is 263 g/mol. The van der Waals surface area contributed by atoms with Gasteiger partial charge >= 0.3 is 0 Å². The first-order chi connectivity index (χ1) is 9.74. The van der Waals surface area contributed by atoms with E-state index in [1.54, 1.807) is 12.3 Å². The summed E-state index contributed by atoms with van der Waals surface area (Å²) in [5.41, 5.74) is 2.81. The van der Waals surface area contributed by atoms with Gasteiger partial charge in [-0.05, 0) is 23.3 Å². The van der Waals surface area contributed by atoms with Crippen molar-refractivity contribution >= 4 is 23.1 Å². The normalized spacial score (nSPS) is 11.2. The fourth-order valence-corrected chi connectivity index (χ4v) is 2.13. The summed E-state index contributed by atoms with van der Waals surface area (Å²) in [5.74, 6) is 0.212. The Hall–Kier alpha value is -2.68. The number of fused-ring (bicyclic) bond motifs is 1. The third kappa shape index (κ3) is 2.38. The topological polar surface area (TPSA) is 37.0 Å². The maximum atomic E-state index is 9.82. The van der Waals surface area contributed by atoms with Crippen LogP contribution in [-0.2, 0) is 7.05 Å². The Kier molecular flexibility index (Phi) is 3.17. The van der Waals surface area contributed by atoms with Gasteiger partial charge in [-0.3, -0.25) is 4.98 Å². The zero-order valence-corrected chi connectivity index (χ0v) is 11.2. The van der Waals surface area contributed by atoms with Gasteiger partial charge in [0.15, 0.2) is 12.4 Å². The lowest BCUT2D eigenvalue weighted by atomic mass is 10.1. The summed E-state index contributed by atoms with van der Waals surface area (Å²) >= 11 is 0. The molecule has 1 aromatic carbocycles. The zero-order valence-electron chi connectivity index (χ0n) is 11.2. The van der Waals surface area contributed by atoms with E-state index in [9.17, 15) is 5.11 Å². The highest BCUT2D eigenvalue weighted by Crippen LogP contribution is 2.26. The second-order valence-corrected chi connectivity index (χ2v) is 4.70. The largest absolute Gasteiger partial charge is 0.506 e. The predicted molar refractivity (Wildman–Crippen MR) is 80.0 cm³/mol. The average Bonchev–Trinajstić information content (AvgIpc) is 2.49. The van der Waals surface area contributed by atoms with Crippen LogP contribution in [0.4, 0.5) is 0 Å². The van der Waals surface area contributed by atoms with Crippen molar-refractivity contribution in [2.24, 2.45) is 7.05 Å². The Morgan fingerprint density at radius 2 is 1.85 bits per heavy atom. The summed E-state index contributed by atoms with van der Waals surface area (Å²) in [6.07, 6.45) is 9.80. The minimum atomic E-state index is 0.212. The molecule has 3 rings (SSSR count). The Balaban J connectivity index is 2.03.